The van der Waals surface area contributed by atoms with Gasteiger partial charge in [-0.2, -0.15) is 0 Å². The number of hydrogen-bond acceptors (Lipinski definition) is 3. The van der Waals surface area contributed by atoms with Gasteiger partial charge in [0.15, 0.2) is 0 Å². The smallest absolute Gasteiger partial charge is 0.129 e. The molecule has 0 bridgehead atoms. The maximum absolute atomic E-state index is 8.86. The van der Waals surface area contributed by atoms with Crippen molar-refractivity contribution in [1.82, 2.24) is 4.90 Å². The zero-order chi connectivity index (χ0) is 9.42. The Hall–Kier alpha value is -0.800. The SMILES string of the molecule is CC(C)N1Cc2cc(CO)oc2C1. The van der Waals surface area contributed by atoms with Gasteiger partial charge in [0.05, 0.1) is 6.54 Å². The molecule has 0 aromatic carbocycles. The minimum atomic E-state index is 0.00861. The van der Waals surface area contributed by atoms with Crippen LogP contribution >= 0.6 is 0 Å². The molecule has 1 aromatic heterocycles. The molecule has 2 rings (SSSR count). The average molecular weight is 181 g/mol. The fourth-order valence-electron chi connectivity index (χ4n) is 1.70. The number of fused-ring (bicyclic) bond motifs is 1. The Morgan fingerprint density at radius 3 is 2.85 bits per heavy atom. The minimum absolute atomic E-state index is 0.00861. The molecule has 0 saturated carbocycles. The van der Waals surface area contributed by atoms with Crippen LogP contribution in [0.15, 0.2) is 10.5 Å². The molecule has 0 radical (unpaired) electrons. The normalized spacial score (nSPS) is 16.9. The summed E-state index contributed by atoms with van der Waals surface area (Å²) in [5, 5.41) is 8.86. The van der Waals surface area contributed by atoms with Gasteiger partial charge in [-0.3, -0.25) is 4.90 Å². The van der Waals surface area contributed by atoms with Crippen molar-refractivity contribution in [2.75, 3.05) is 0 Å². The van der Waals surface area contributed by atoms with E-state index in [1.165, 1.54) is 5.56 Å². The molecule has 1 aliphatic rings. The fourth-order valence-corrected chi connectivity index (χ4v) is 1.70. The van der Waals surface area contributed by atoms with E-state index in [-0.39, 0.29) is 6.61 Å². The quantitative estimate of drug-likeness (QED) is 0.751. The van der Waals surface area contributed by atoms with E-state index in [1.54, 1.807) is 0 Å². The maximum atomic E-state index is 8.86. The summed E-state index contributed by atoms with van der Waals surface area (Å²) in [6.45, 7) is 6.20. The van der Waals surface area contributed by atoms with Gasteiger partial charge in [0.1, 0.15) is 18.1 Å². The molecule has 13 heavy (non-hydrogen) atoms. The van der Waals surface area contributed by atoms with Crippen LogP contribution in [0.3, 0.4) is 0 Å². The Labute approximate surface area is 78.0 Å². The molecule has 1 N–H and O–H groups in total. The van der Waals surface area contributed by atoms with Crippen LogP contribution in [0.25, 0.3) is 0 Å². The van der Waals surface area contributed by atoms with Crippen LogP contribution in [-0.4, -0.2) is 16.0 Å². The molecule has 0 atom stereocenters. The number of aliphatic hydroxyl groups excluding tert-OH is 1. The molecule has 0 saturated heterocycles. The highest BCUT2D eigenvalue weighted by molar-refractivity contribution is 5.25. The first-order valence-electron chi connectivity index (χ1n) is 4.66. The van der Waals surface area contributed by atoms with Gasteiger partial charge in [-0.05, 0) is 19.9 Å². The van der Waals surface area contributed by atoms with E-state index < -0.39 is 0 Å². The summed E-state index contributed by atoms with van der Waals surface area (Å²) in [7, 11) is 0. The predicted molar refractivity (Wildman–Crippen MR) is 49.0 cm³/mol. The maximum Gasteiger partial charge on any atom is 0.129 e. The summed E-state index contributed by atoms with van der Waals surface area (Å²) in [5.41, 5.74) is 1.23. The summed E-state index contributed by atoms with van der Waals surface area (Å²) < 4.78 is 5.46. The van der Waals surface area contributed by atoms with Gasteiger partial charge < -0.3 is 9.52 Å². The van der Waals surface area contributed by atoms with Crippen molar-refractivity contribution in [3.05, 3.63) is 23.2 Å². The molecule has 0 aliphatic carbocycles. The third-order valence-corrected chi connectivity index (χ3v) is 2.55. The molecule has 72 valence electrons. The first-order valence-corrected chi connectivity index (χ1v) is 4.66. The molecule has 1 aromatic rings. The van der Waals surface area contributed by atoms with Crippen LogP contribution in [0, 0.1) is 0 Å². The number of aliphatic hydroxyl groups is 1. The standard InChI is InChI=1S/C10H15NO2/c1-7(2)11-4-8-3-9(6-12)13-10(8)5-11/h3,7,12H,4-6H2,1-2H3. The summed E-state index contributed by atoms with van der Waals surface area (Å²) in [6.07, 6.45) is 0. The zero-order valence-electron chi connectivity index (χ0n) is 8.08. The fraction of sp³-hybridized carbons (Fsp3) is 0.600. The highest BCUT2D eigenvalue weighted by Gasteiger charge is 2.24. The van der Waals surface area contributed by atoms with E-state index in [9.17, 15) is 0 Å². The first-order chi connectivity index (χ1) is 6.20. The first kappa shape index (κ1) is 8.78. The lowest BCUT2D eigenvalue weighted by Gasteiger charge is -2.18. The second-order valence-electron chi connectivity index (χ2n) is 3.82. The molecule has 0 amide bonds. The molecule has 2 heterocycles. The Morgan fingerprint density at radius 2 is 2.31 bits per heavy atom. The van der Waals surface area contributed by atoms with Gasteiger partial charge in [0, 0.05) is 18.2 Å². The van der Waals surface area contributed by atoms with Crippen molar-refractivity contribution in [3.63, 3.8) is 0 Å². The van der Waals surface area contributed by atoms with Crippen LogP contribution in [0.5, 0.6) is 0 Å². The van der Waals surface area contributed by atoms with Gasteiger partial charge in [-0.1, -0.05) is 0 Å². The molecule has 3 heteroatoms. The van der Waals surface area contributed by atoms with Crippen molar-refractivity contribution < 1.29 is 9.52 Å². The van der Waals surface area contributed by atoms with Crippen LogP contribution in [-0.2, 0) is 19.7 Å². The van der Waals surface area contributed by atoms with E-state index in [0.717, 1.165) is 18.8 Å². The molecular formula is C10H15NO2. The second-order valence-corrected chi connectivity index (χ2v) is 3.82. The number of rotatable bonds is 2. The van der Waals surface area contributed by atoms with Gasteiger partial charge in [0.2, 0.25) is 0 Å². The number of hydrogen-bond donors (Lipinski definition) is 1. The van der Waals surface area contributed by atoms with Crippen molar-refractivity contribution in [1.29, 1.82) is 0 Å². The summed E-state index contributed by atoms with van der Waals surface area (Å²) >= 11 is 0. The summed E-state index contributed by atoms with van der Waals surface area (Å²) in [4.78, 5) is 2.34. The minimum Gasteiger partial charge on any atom is -0.462 e. The highest BCUT2D eigenvalue weighted by Crippen LogP contribution is 2.27. The Balaban J connectivity index is 2.15. The lowest BCUT2D eigenvalue weighted by Crippen LogP contribution is -2.24. The monoisotopic (exact) mass is 181 g/mol. The van der Waals surface area contributed by atoms with E-state index in [1.807, 2.05) is 6.07 Å². The second kappa shape index (κ2) is 3.16. The van der Waals surface area contributed by atoms with E-state index >= 15 is 0 Å². The highest BCUT2D eigenvalue weighted by atomic mass is 16.4. The number of furan rings is 1. The third kappa shape index (κ3) is 1.49. The Morgan fingerprint density at radius 1 is 1.54 bits per heavy atom. The largest absolute Gasteiger partial charge is 0.462 e. The van der Waals surface area contributed by atoms with Gasteiger partial charge in [0.25, 0.3) is 0 Å². The van der Waals surface area contributed by atoms with Gasteiger partial charge >= 0.3 is 0 Å². The predicted octanol–water partition coefficient (Wildman–Crippen LogP) is 1.50. The van der Waals surface area contributed by atoms with Crippen LogP contribution < -0.4 is 0 Å². The molecule has 0 fully saturated rings. The summed E-state index contributed by atoms with van der Waals surface area (Å²) in [6, 6.07) is 2.51. The van der Waals surface area contributed by atoms with Crippen molar-refractivity contribution in [2.24, 2.45) is 0 Å². The van der Waals surface area contributed by atoms with E-state index in [4.69, 9.17) is 9.52 Å². The molecule has 3 nitrogen and oxygen atoms in total. The van der Waals surface area contributed by atoms with Crippen molar-refractivity contribution in [3.8, 4) is 0 Å². The molecule has 0 spiro atoms. The summed E-state index contributed by atoms with van der Waals surface area (Å²) in [5.74, 6) is 1.71. The molecule has 0 unspecified atom stereocenters. The van der Waals surface area contributed by atoms with E-state index in [0.29, 0.717) is 11.8 Å². The molecular weight excluding hydrogens is 166 g/mol. The van der Waals surface area contributed by atoms with Crippen molar-refractivity contribution in [2.45, 2.75) is 39.6 Å². The lowest BCUT2D eigenvalue weighted by molar-refractivity contribution is 0.203. The Bertz CT molecular complexity index is 280. The van der Waals surface area contributed by atoms with Crippen LogP contribution in [0.2, 0.25) is 0 Å². The number of nitrogens with zero attached hydrogens (tertiary/aromatic N) is 1. The zero-order valence-corrected chi connectivity index (χ0v) is 8.08. The van der Waals surface area contributed by atoms with Crippen LogP contribution in [0.4, 0.5) is 0 Å². The Kier molecular flexibility index (Phi) is 2.14. The van der Waals surface area contributed by atoms with Gasteiger partial charge in [-0.15, -0.1) is 0 Å². The van der Waals surface area contributed by atoms with Gasteiger partial charge in [-0.25, -0.2) is 0 Å². The topological polar surface area (TPSA) is 36.6 Å². The third-order valence-electron chi connectivity index (χ3n) is 2.55. The lowest BCUT2D eigenvalue weighted by atomic mass is 10.3. The average Bonchev–Trinajstić information content (AvgIpc) is 2.58. The molecule has 1 aliphatic heterocycles. The van der Waals surface area contributed by atoms with E-state index in [2.05, 4.69) is 18.7 Å². The van der Waals surface area contributed by atoms with Crippen LogP contribution in [0.1, 0.15) is 30.9 Å². The van der Waals surface area contributed by atoms with Crippen molar-refractivity contribution >= 4 is 0 Å².